The highest BCUT2D eigenvalue weighted by atomic mass is 14.9. The van der Waals surface area contributed by atoms with Crippen molar-refractivity contribution < 1.29 is 0 Å². The molecule has 0 fully saturated rings. The highest BCUT2D eigenvalue weighted by Crippen LogP contribution is 2.27. The summed E-state index contributed by atoms with van der Waals surface area (Å²) in [4.78, 5) is 0. The molecule has 0 rings (SSSR count). The minimum absolute atomic E-state index is 0.259. The van der Waals surface area contributed by atoms with Crippen LogP contribution in [0.3, 0.4) is 0 Å². The molecule has 0 saturated carbocycles. The zero-order valence-corrected chi connectivity index (χ0v) is 14.6. The van der Waals surface area contributed by atoms with Crippen LogP contribution in [0.4, 0.5) is 0 Å². The lowest BCUT2D eigenvalue weighted by atomic mass is 9.83. The molecule has 0 saturated heterocycles. The van der Waals surface area contributed by atoms with Crippen molar-refractivity contribution >= 4 is 0 Å². The van der Waals surface area contributed by atoms with Crippen LogP contribution in [0, 0.1) is 5.41 Å². The number of rotatable bonds is 11. The molecule has 1 nitrogen and oxygen atoms in total. The molecule has 19 heavy (non-hydrogen) atoms. The third-order valence-electron chi connectivity index (χ3n) is 3.91. The maximum atomic E-state index is 3.60. The molecule has 0 aromatic heterocycles. The van der Waals surface area contributed by atoms with Crippen LogP contribution in [0.15, 0.2) is 0 Å². The summed E-state index contributed by atoms with van der Waals surface area (Å²) in [5.41, 5.74) is 0.761. The van der Waals surface area contributed by atoms with Gasteiger partial charge in [-0.3, -0.25) is 0 Å². The molecule has 0 aromatic rings. The van der Waals surface area contributed by atoms with Crippen LogP contribution in [0.2, 0.25) is 0 Å². The Kier molecular flexibility index (Phi) is 9.78. The van der Waals surface area contributed by atoms with E-state index in [9.17, 15) is 0 Å². The predicted octanol–water partition coefficient (Wildman–Crippen LogP) is 5.93. The lowest BCUT2D eigenvalue weighted by Crippen LogP contribution is -2.37. The lowest BCUT2D eigenvalue weighted by molar-refractivity contribution is 0.274. The Balaban J connectivity index is 3.51. The van der Waals surface area contributed by atoms with E-state index in [1.165, 1.54) is 57.8 Å². The number of hydrogen-bond acceptors (Lipinski definition) is 1. The zero-order chi connectivity index (χ0) is 14.8. The molecule has 0 radical (unpaired) electrons. The van der Waals surface area contributed by atoms with E-state index >= 15 is 0 Å². The Morgan fingerprint density at radius 1 is 0.684 bits per heavy atom. The largest absolute Gasteiger partial charge is 0.312 e. The standard InChI is InChI=1S/C18H39N/c1-7-8-9-10-11-12-13-14-18(5,6)15-16-19-17(2,3)4/h19H,7-16H2,1-6H3. The first-order valence-electron chi connectivity index (χ1n) is 8.52. The van der Waals surface area contributed by atoms with Gasteiger partial charge in [-0.1, -0.05) is 65.7 Å². The molecule has 116 valence electrons. The van der Waals surface area contributed by atoms with E-state index < -0.39 is 0 Å². The normalized spacial score (nSPS) is 12.9. The fourth-order valence-electron chi connectivity index (χ4n) is 2.46. The van der Waals surface area contributed by atoms with Gasteiger partial charge in [-0.2, -0.15) is 0 Å². The third-order valence-corrected chi connectivity index (χ3v) is 3.91. The van der Waals surface area contributed by atoms with Gasteiger partial charge in [0.05, 0.1) is 0 Å². The topological polar surface area (TPSA) is 12.0 Å². The fourth-order valence-corrected chi connectivity index (χ4v) is 2.46. The van der Waals surface area contributed by atoms with E-state index in [0.717, 1.165) is 6.54 Å². The predicted molar refractivity (Wildman–Crippen MR) is 88.8 cm³/mol. The third kappa shape index (κ3) is 14.2. The molecule has 0 heterocycles. The Morgan fingerprint density at radius 3 is 1.74 bits per heavy atom. The molecule has 0 unspecified atom stereocenters. The molecule has 0 bridgehead atoms. The van der Waals surface area contributed by atoms with E-state index in [1.54, 1.807) is 0 Å². The summed E-state index contributed by atoms with van der Waals surface area (Å²) in [6.45, 7) is 15.0. The quantitative estimate of drug-likeness (QED) is 0.458. The van der Waals surface area contributed by atoms with Gasteiger partial charge in [0.15, 0.2) is 0 Å². The minimum Gasteiger partial charge on any atom is -0.312 e. The maximum Gasteiger partial charge on any atom is 0.00965 e. The van der Waals surface area contributed by atoms with Crippen LogP contribution >= 0.6 is 0 Å². The van der Waals surface area contributed by atoms with Crippen molar-refractivity contribution in [1.29, 1.82) is 0 Å². The second-order valence-corrected chi connectivity index (χ2v) is 7.96. The van der Waals surface area contributed by atoms with Gasteiger partial charge in [-0.05, 0) is 45.6 Å². The van der Waals surface area contributed by atoms with Crippen molar-refractivity contribution in [2.24, 2.45) is 5.41 Å². The van der Waals surface area contributed by atoms with Crippen molar-refractivity contribution in [3.63, 3.8) is 0 Å². The van der Waals surface area contributed by atoms with Gasteiger partial charge >= 0.3 is 0 Å². The van der Waals surface area contributed by atoms with Crippen LogP contribution in [0.1, 0.15) is 99.3 Å². The van der Waals surface area contributed by atoms with Crippen molar-refractivity contribution in [1.82, 2.24) is 5.32 Å². The maximum absolute atomic E-state index is 3.60. The van der Waals surface area contributed by atoms with Gasteiger partial charge in [0.2, 0.25) is 0 Å². The lowest BCUT2D eigenvalue weighted by Gasteiger charge is -2.28. The fraction of sp³-hybridized carbons (Fsp3) is 1.00. The van der Waals surface area contributed by atoms with Gasteiger partial charge in [0, 0.05) is 5.54 Å². The van der Waals surface area contributed by atoms with Crippen molar-refractivity contribution in [3.8, 4) is 0 Å². The molecule has 0 spiro atoms. The molecule has 0 aliphatic carbocycles. The van der Waals surface area contributed by atoms with Gasteiger partial charge in [0.1, 0.15) is 0 Å². The number of unbranched alkanes of at least 4 members (excludes halogenated alkanes) is 6. The first-order chi connectivity index (χ1) is 8.77. The number of hydrogen-bond donors (Lipinski definition) is 1. The van der Waals surface area contributed by atoms with Crippen molar-refractivity contribution in [3.05, 3.63) is 0 Å². The zero-order valence-electron chi connectivity index (χ0n) is 14.6. The minimum atomic E-state index is 0.259. The summed E-state index contributed by atoms with van der Waals surface area (Å²) in [5.74, 6) is 0. The highest BCUT2D eigenvalue weighted by Gasteiger charge is 2.18. The summed E-state index contributed by atoms with van der Waals surface area (Å²) < 4.78 is 0. The smallest absolute Gasteiger partial charge is 0.00965 e. The van der Waals surface area contributed by atoms with Crippen LogP contribution in [-0.2, 0) is 0 Å². The molecular weight excluding hydrogens is 230 g/mol. The SMILES string of the molecule is CCCCCCCCCC(C)(C)CCNC(C)(C)C. The van der Waals surface area contributed by atoms with E-state index in [4.69, 9.17) is 0 Å². The Bertz CT molecular complexity index is 200. The van der Waals surface area contributed by atoms with Crippen molar-refractivity contribution in [2.75, 3.05) is 6.54 Å². The Morgan fingerprint density at radius 2 is 1.21 bits per heavy atom. The molecule has 0 aromatic carbocycles. The second-order valence-electron chi connectivity index (χ2n) is 7.96. The molecule has 0 amide bonds. The van der Waals surface area contributed by atoms with E-state index in [2.05, 4.69) is 46.9 Å². The van der Waals surface area contributed by atoms with E-state index in [0.29, 0.717) is 5.41 Å². The van der Waals surface area contributed by atoms with Crippen molar-refractivity contribution in [2.45, 2.75) is 105 Å². The van der Waals surface area contributed by atoms with E-state index in [1.807, 2.05) is 0 Å². The monoisotopic (exact) mass is 269 g/mol. The molecule has 0 atom stereocenters. The highest BCUT2D eigenvalue weighted by molar-refractivity contribution is 4.75. The van der Waals surface area contributed by atoms with Crippen LogP contribution in [-0.4, -0.2) is 12.1 Å². The Labute approximate surface area is 122 Å². The summed E-state index contributed by atoms with van der Waals surface area (Å²) in [5, 5.41) is 3.60. The molecule has 1 heteroatoms. The summed E-state index contributed by atoms with van der Waals surface area (Å²) in [7, 11) is 0. The average molecular weight is 270 g/mol. The number of nitrogens with one attached hydrogen (secondary N) is 1. The van der Waals surface area contributed by atoms with Gasteiger partial charge in [-0.15, -0.1) is 0 Å². The van der Waals surface area contributed by atoms with Crippen LogP contribution in [0.5, 0.6) is 0 Å². The first-order valence-corrected chi connectivity index (χ1v) is 8.52. The molecule has 0 aliphatic heterocycles. The molecular formula is C18H39N. The van der Waals surface area contributed by atoms with Crippen LogP contribution < -0.4 is 5.32 Å². The summed E-state index contributed by atoms with van der Waals surface area (Å²) in [6, 6.07) is 0. The van der Waals surface area contributed by atoms with Gasteiger partial charge in [-0.25, -0.2) is 0 Å². The average Bonchev–Trinajstić information content (AvgIpc) is 2.25. The second kappa shape index (κ2) is 9.80. The summed E-state index contributed by atoms with van der Waals surface area (Å²) >= 11 is 0. The van der Waals surface area contributed by atoms with Gasteiger partial charge in [0.25, 0.3) is 0 Å². The van der Waals surface area contributed by atoms with Gasteiger partial charge < -0.3 is 5.32 Å². The first kappa shape index (κ1) is 19.0. The summed E-state index contributed by atoms with van der Waals surface area (Å²) in [6.07, 6.45) is 12.6. The molecule has 1 N–H and O–H groups in total. The van der Waals surface area contributed by atoms with Crippen LogP contribution in [0.25, 0.3) is 0 Å². The molecule has 0 aliphatic rings. The Hall–Kier alpha value is -0.0400. The van der Waals surface area contributed by atoms with E-state index in [-0.39, 0.29) is 5.54 Å².